The number of nitrogens with one attached hydrogen (secondary N) is 1. The molecule has 3 nitrogen and oxygen atoms in total. The van der Waals surface area contributed by atoms with Crippen molar-refractivity contribution in [1.29, 1.82) is 0 Å². The second-order valence-electron chi connectivity index (χ2n) is 9.32. The molecule has 0 fully saturated rings. The van der Waals surface area contributed by atoms with Gasteiger partial charge in [0.25, 0.3) is 8.32 Å². The monoisotopic (exact) mass is 487 g/mol. The molecule has 34 heavy (non-hydrogen) atoms. The molecule has 1 aromatic heterocycles. The summed E-state index contributed by atoms with van der Waals surface area (Å²) in [5.41, 5.74) is 3.40. The fourth-order valence-corrected chi connectivity index (χ4v) is 7.59. The molecule has 4 aromatic rings. The Morgan fingerprint density at radius 2 is 1.50 bits per heavy atom. The molecule has 4 rings (SSSR count). The summed E-state index contributed by atoms with van der Waals surface area (Å²) in [5, 5.41) is 3.26. The number of rotatable bonds is 9. The van der Waals surface area contributed by atoms with Crippen LogP contribution in [0.4, 0.5) is 0 Å². The maximum absolute atomic E-state index is 13.4. The summed E-state index contributed by atoms with van der Waals surface area (Å²) in [7, 11) is -3.30. The molecule has 0 saturated carbocycles. The number of hydrogen-bond acceptors (Lipinski definition) is 2. The Balaban J connectivity index is 1.55. The Bertz CT molecular complexity index is 1310. The number of aromatic nitrogens is 1. The fourth-order valence-electron chi connectivity index (χ4n) is 4.28. The van der Waals surface area contributed by atoms with Crippen LogP contribution in [-0.4, -0.2) is 17.5 Å². The van der Waals surface area contributed by atoms with E-state index in [4.69, 9.17) is 4.43 Å². The molecule has 0 radical (unpaired) electrons. The van der Waals surface area contributed by atoms with Gasteiger partial charge in [-0.2, -0.15) is 0 Å². The first-order valence-corrected chi connectivity index (χ1v) is 15.9. The average Bonchev–Trinajstić information content (AvgIpc) is 3.22. The van der Waals surface area contributed by atoms with Crippen LogP contribution in [-0.2, 0) is 21.6 Å². The van der Waals surface area contributed by atoms with Crippen molar-refractivity contribution in [1.82, 2.24) is 4.98 Å². The van der Waals surface area contributed by atoms with Gasteiger partial charge in [0.1, 0.15) is 15.8 Å². The van der Waals surface area contributed by atoms with Crippen LogP contribution in [0.1, 0.15) is 32.3 Å². The van der Waals surface area contributed by atoms with Gasteiger partial charge in [0.05, 0.1) is 5.76 Å². The van der Waals surface area contributed by atoms with Gasteiger partial charge in [0, 0.05) is 22.2 Å². The van der Waals surface area contributed by atoms with Crippen LogP contribution >= 0.6 is 0 Å². The SMILES string of the molecule is CC(C)=C(CCCc1c(S(=O)c2ccccc2)[nH]c2ccccc12)O[Si](C)(C)c1ccccc1. The molecule has 0 aliphatic rings. The zero-order valence-corrected chi connectivity index (χ0v) is 22.2. The smallest absolute Gasteiger partial charge is 0.276 e. The molecule has 0 amide bonds. The summed E-state index contributed by atoms with van der Waals surface area (Å²) in [5.74, 6) is 1.09. The molecule has 1 heterocycles. The van der Waals surface area contributed by atoms with Crippen LogP contribution in [0.5, 0.6) is 0 Å². The van der Waals surface area contributed by atoms with Crippen LogP contribution < -0.4 is 5.19 Å². The van der Waals surface area contributed by atoms with Gasteiger partial charge in [0.2, 0.25) is 0 Å². The van der Waals surface area contributed by atoms with Crippen molar-refractivity contribution in [3.8, 4) is 0 Å². The lowest BCUT2D eigenvalue weighted by molar-refractivity contribution is 0.393. The van der Waals surface area contributed by atoms with Crippen molar-refractivity contribution < 1.29 is 8.63 Å². The van der Waals surface area contributed by atoms with Crippen LogP contribution in [0.2, 0.25) is 13.1 Å². The van der Waals surface area contributed by atoms with E-state index in [1.54, 1.807) is 0 Å². The number of aromatic amines is 1. The summed E-state index contributed by atoms with van der Waals surface area (Å²) < 4.78 is 20.1. The lowest BCUT2D eigenvalue weighted by atomic mass is 10.1. The molecule has 176 valence electrons. The minimum atomic E-state index is -2.05. The van der Waals surface area contributed by atoms with Crippen LogP contribution in [0.25, 0.3) is 10.9 Å². The summed E-state index contributed by atoms with van der Waals surface area (Å²) in [6.07, 6.45) is 2.63. The van der Waals surface area contributed by atoms with E-state index >= 15 is 0 Å². The van der Waals surface area contributed by atoms with Gasteiger partial charge in [-0.1, -0.05) is 66.7 Å². The molecule has 0 spiro atoms. The number of hydrogen-bond donors (Lipinski definition) is 1. The highest BCUT2D eigenvalue weighted by atomic mass is 32.2. The molecule has 1 atom stereocenters. The summed E-state index contributed by atoms with van der Waals surface area (Å²) >= 11 is 0. The Kier molecular flexibility index (Phi) is 7.54. The zero-order valence-electron chi connectivity index (χ0n) is 20.4. The normalized spacial score (nSPS) is 12.5. The maximum Gasteiger partial charge on any atom is 0.276 e. The molecule has 0 saturated heterocycles. The van der Waals surface area contributed by atoms with Crippen LogP contribution in [0.3, 0.4) is 0 Å². The van der Waals surface area contributed by atoms with E-state index in [9.17, 15) is 4.21 Å². The summed E-state index contributed by atoms with van der Waals surface area (Å²) in [4.78, 5) is 4.27. The standard InChI is InChI=1S/C29H33NO2SSi/c1-22(2)28(32-34(3,4)24-16-9-6-10-17-24)21-13-19-26-25-18-11-12-20-27(25)30-29(26)33(31)23-14-7-5-8-15-23/h5-12,14-18,20,30H,13,19,21H2,1-4H3. The third kappa shape index (κ3) is 5.42. The Labute approximate surface area is 206 Å². The van der Waals surface area contributed by atoms with Gasteiger partial charge >= 0.3 is 0 Å². The molecule has 1 unspecified atom stereocenters. The second kappa shape index (κ2) is 10.6. The van der Waals surface area contributed by atoms with Gasteiger partial charge in [-0.05, 0) is 74.3 Å². The minimum Gasteiger partial charge on any atom is -0.543 e. The van der Waals surface area contributed by atoms with Crippen molar-refractivity contribution in [2.24, 2.45) is 0 Å². The molecule has 0 bridgehead atoms. The molecule has 5 heteroatoms. The van der Waals surface area contributed by atoms with Crippen LogP contribution in [0.15, 0.2) is 106 Å². The highest BCUT2D eigenvalue weighted by molar-refractivity contribution is 7.85. The molecule has 0 aliphatic heterocycles. The van der Waals surface area contributed by atoms with E-state index in [1.165, 1.54) is 10.8 Å². The number of para-hydroxylation sites is 1. The molecular weight excluding hydrogens is 454 g/mol. The van der Waals surface area contributed by atoms with Gasteiger partial charge in [0.15, 0.2) is 0 Å². The van der Waals surface area contributed by atoms with E-state index in [1.807, 2.05) is 48.5 Å². The number of fused-ring (bicyclic) bond motifs is 1. The first kappa shape index (κ1) is 24.2. The summed E-state index contributed by atoms with van der Waals surface area (Å²) in [6, 6.07) is 28.5. The maximum atomic E-state index is 13.4. The van der Waals surface area contributed by atoms with Crippen LogP contribution in [0, 0.1) is 0 Å². The first-order chi connectivity index (χ1) is 16.4. The van der Waals surface area contributed by atoms with Crippen molar-refractivity contribution in [3.63, 3.8) is 0 Å². The highest BCUT2D eigenvalue weighted by Gasteiger charge is 2.28. The van der Waals surface area contributed by atoms with Crippen molar-refractivity contribution >= 4 is 35.2 Å². The number of aryl methyl sites for hydroxylation is 1. The van der Waals surface area contributed by atoms with E-state index in [2.05, 4.69) is 68.3 Å². The largest absolute Gasteiger partial charge is 0.543 e. The summed E-state index contributed by atoms with van der Waals surface area (Å²) in [6.45, 7) is 8.77. The van der Waals surface area contributed by atoms with E-state index in [-0.39, 0.29) is 0 Å². The Morgan fingerprint density at radius 3 is 2.18 bits per heavy atom. The lowest BCUT2D eigenvalue weighted by Gasteiger charge is -2.27. The van der Waals surface area contributed by atoms with Crippen molar-refractivity contribution in [2.75, 3.05) is 0 Å². The quantitative estimate of drug-likeness (QED) is 0.202. The number of benzene rings is 3. The fraction of sp³-hybridized carbons (Fsp3) is 0.241. The molecular formula is C29H33NO2SSi. The Hall–Kier alpha value is -2.89. The molecule has 3 aromatic carbocycles. The van der Waals surface area contributed by atoms with Gasteiger partial charge in [-0.3, -0.25) is 0 Å². The Morgan fingerprint density at radius 1 is 0.882 bits per heavy atom. The number of allylic oxidation sites excluding steroid dienone is 2. The van der Waals surface area contributed by atoms with Gasteiger partial charge in [-0.25, -0.2) is 4.21 Å². The van der Waals surface area contributed by atoms with Crippen molar-refractivity contribution in [2.45, 2.75) is 56.1 Å². The minimum absolute atomic E-state index is 0.811. The zero-order chi connectivity index (χ0) is 24.1. The van der Waals surface area contributed by atoms with E-state index in [0.29, 0.717) is 0 Å². The van der Waals surface area contributed by atoms with Gasteiger partial charge < -0.3 is 9.41 Å². The molecule has 1 N–H and O–H groups in total. The molecule has 0 aliphatic carbocycles. The van der Waals surface area contributed by atoms with Crippen molar-refractivity contribution in [3.05, 3.63) is 102 Å². The lowest BCUT2D eigenvalue weighted by Crippen LogP contribution is -2.44. The number of H-pyrrole nitrogens is 1. The predicted molar refractivity (Wildman–Crippen MR) is 145 cm³/mol. The third-order valence-corrected chi connectivity index (χ3v) is 10.1. The third-order valence-electron chi connectivity index (χ3n) is 6.15. The second-order valence-corrected chi connectivity index (χ2v) is 14.5. The van der Waals surface area contributed by atoms with E-state index in [0.717, 1.165) is 51.4 Å². The highest BCUT2D eigenvalue weighted by Crippen LogP contribution is 2.30. The van der Waals surface area contributed by atoms with Gasteiger partial charge in [-0.15, -0.1) is 0 Å². The van der Waals surface area contributed by atoms with E-state index < -0.39 is 19.1 Å². The predicted octanol–water partition coefficient (Wildman–Crippen LogP) is 7.08. The first-order valence-electron chi connectivity index (χ1n) is 11.8. The topological polar surface area (TPSA) is 42.1 Å². The average molecular weight is 488 g/mol.